The van der Waals surface area contributed by atoms with Gasteiger partial charge in [-0.1, -0.05) is 17.7 Å². The van der Waals surface area contributed by atoms with Crippen molar-refractivity contribution in [2.24, 2.45) is 5.73 Å². The lowest BCUT2D eigenvalue weighted by Gasteiger charge is -2.14. The fourth-order valence-electron chi connectivity index (χ4n) is 1.62. The molecule has 6 heteroatoms. The van der Waals surface area contributed by atoms with E-state index >= 15 is 0 Å². The number of carbonyl (C=O) groups excluding carboxylic acids is 2. The zero-order valence-corrected chi connectivity index (χ0v) is 10.8. The molecule has 0 aromatic heterocycles. The van der Waals surface area contributed by atoms with E-state index < -0.39 is 30.2 Å². The van der Waals surface area contributed by atoms with Crippen molar-refractivity contribution in [2.75, 3.05) is 0 Å². The summed E-state index contributed by atoms with van der Waals surface area (Å²) in [6.07, 6.45) is -0.439. The van der Waals surface area contributed by atoms with Gasteiger partial charge in [-0.05, 0) is 25.5 Å². The lowest BCUT2D eigenvalue weighted by molar-refractivity contribution is -0.140. The van der Waals surface area contributed by atoms with E-state index in [0.29, 0.717) is 5.56 Å². The number of amides is 2. The number of nitrogens with two attached hydrogens (primary N) is 1. The molecule has 4 N–H and O–H groups in total. The average Bonchev–Trinajstić information content (AvgIpc) is 2.30. The van der Waals surface area contributed by atoms with Crippen molar-refractivity contribution in [3.05, 3.63) is 34.9 Å². The van der Waals surface area contributed by atoms with Crippen LogP contribution in [0.15, 0.2) is 18.2 Å². The number of carbonyl (C=O) groups is 3. The van der Waals surface area contributed by atoms with Gasteiger partial charge in [0.1, 0.15) is 6.04 Å². The predicted octanol–water partition coefficient (Wildman–Crippen LogP) is 0.362. The molecule has 0 unspecified atom stereocenters. The zero-order chi connectivity index (χ0) is 14.6. The monoisotopic (exact) mass is 264 g/mol. The molecule has 0 fully saturated rings. The summed E-state index contributed by atoms with van der Waals surface area (Å²) in [5.74, 6) is -2.61. The first-order valence-corrected chi connectivity index (χ1v) is 5.70. The third-order valence-electron chi connectivity index (χ3n) is 2.65. The van der Waals surface area contributed by atoms with E-state index in [1.807, 2.05) is 13.0 Å². The maximum Gasteiger partial charge on any atom is 0.326 e. The van der Waals surface area contributed by atoms with Crippen molar-refractivity contribution in [3.8, 4) is 0 Å². The van der Waals surface area contributed by atoms with Gasteiger partial charge in [0.2, 0.25) is 5.91 Å². The summed E-state index contributed by atoms with van der Waals surface area (Å²) in [7, 11) is 0. The Balaban J connectivity index is 2.90. The Bertz CT molecular complexity index is 525. The molecule has 0 aliphatic heterocycles. The van der Waals surface area contributed by atoms with Crippen LogP contribution in [0.1, 0.15) is 27.9 Å². The first kappa shape index (κ1) is 14.7. The first-order chi connectivity index (χ1) is 8.81. The molecule has 0 heterocycles. The summed E-state index contributed by atoms with van der Waals surface area (Å²) in [6, 6.07) is 3.97. The number of nitrogens with one attached hydrogen (secondary N) is 1. The Hall–Kier alpha value is -2.37. The fourth-order valence-corrected chi connectivity index (χ4v) is 1.62. The highest BCUT2D eigenvalue weighted by molar-refractivity contribution is 5.98. The van der Waals surface area contributed by atoms with E-state index in [0.717, 1.165) is 11.1 Å². The molecule has 0 bridgehead atoms. The van der Waals surface area contributed by atoms with Crippen LogP contribution in [0.3, 0.4) is 0 Å². The minimum Gasteiger partial charge on any atom is -0.480 e. The molecule has 2 amide bonds. The van der Waals surface area contributed by atoms with E-state index in [1.54, 1.807) is 19.1 Å². The van der Waals surface area contributed by atoms with Crippen molar-refractivity contribution < 1.29 is 19.5 Å². The van der Waals surface area contributed by atoms with Gasteiger partial charge >= 0.3 is 5.97 Å². The van der Waals surface area contributed by atoms with Crippen LogP contribution < -0.4 is 11.1 Å². The van der Waals surface area contributed by atoms with Crippen LogP contribution in [0.25, 0.3) is 0 Å². The molecule has 1 atom stereocenters. The molecule has 0 saturated carbocycles. The highest BCUT2D eigenvalue weighted by atomic mass is 16.4. The molecule has 0 radical (unpaired) electrons. The summed E-state index contributed by atoms with van der Waals surface area (Å²) in [5.41, 5.74) is 6.95. The van der Waals surface area contributed by atoms with Gasteiger partial charge < -0.3 is 16.2 Å². The Morgan fingerprint density at radius 3 is 2.47 bits per heavy atom. The van der Waals surface area contributed by atoms with Crippen LogP contribution in [-0.2, 0) is 9.59 Å². The number of benzene rings is 1. The molecular formula is C13H16N2O4. The van der Waals surface area contributed by atoms with Crippen LogP contribution in [0.5, 0.6) is 0 Å². The second-order valence-corrected chi connectivity index (χ2v) is 4.35. The van der Waals surface area contributed by atoms with Crippen molar-refractivity contribution in [1.29, 1.82) is 0 Å². The Labute approximate surface area is 110 Å². The van der Waals surface area contributed by atoms with E-state index in [1.165, 1.54) is 0 Å². The quantitative estimate of drug-likeness (QED) is 0.713. The van der Waals surface area contributed by atoms with E-state index in [4.69, 9.17) is 10.8 Å². The molecule has 1 rings (SSSR count). The lowest BCUT2D eigenvalue weighted by atomic mass is 10.0. The summed E-state index contributed by atoms with van der Waals surface area (Å²) in [6.45, 7) is 3.58. The SMILES string of the molecule is Cc1ccc(C)c(C(=O)N[C@@H](CC(N)=O)C(=O)O)c1. The van der Waals surface area contributed by atoms with Gasteiger partial charge in [-0.2, -0.15) is 0 Å². The number of hydrogen-bond donors (Lipinski definition) is 3. The lowest BCUT2D eigenvalue weighted by Crippen LogP contribution is -2.43. The number of carboxylic acid groups (broad SMARTS) is 1. The predicted molar refractivity (Wildman–Crippen MR) is 68.6 cm³/mol. The number of carboxylic acids is 1. The summed E-state index contributed by atoms with van der Waals surface area (Å²) in [5, 5.41) is 11.2. The van der Waals surface area contributed by atoms with Crippen LogP contribution in [0.2, 0.25) is 0 Å². The molecular weight excluding hydrogens is 248 g/mol. The molecule has 6 nitrogen and oxygen atoms in total. The van der Waals surface area contributed by atoms with Crippen LogP contribution in [0.4, 0.5) is 0 Å². The Kier molecular flexibility index (Phi) is 4.63. The third-order valence-corrected chi connectivity index (χ3v) is 2.65. The van der Waals surface area contributed by atoms with Crippen LogP contribution >= 0.6 is 0 Å². The molecule has 102 valence electrons. The number of hydrogen-bond acceptors (Lipinski definition) is 3. The average molecular weight is 264 g/mol. The van der Waals surface area contributed by atoms with Gasteiger partial charge in [0.15, 0.2) is 0 Å². The van der Waals surface area contributed by atoms with Gasteiger partial charge in [0.05, 0.1) is 6.42 Å². The second-order valence-electron chi connectivity index (χ2n) is 4.35. The van der Waals surface area contributed by atoms with E-state index in [-0.39, 0.29) is 0 Å². The van der Waals surface area contributed by atoms with Gasteiger partial charge in [0, 0.05) is 5.56 Å². The largest absolute Gasteiger partial charge is 0.480 e. The van der Waals surface area contributed by atoms with Gasteiger partial charge in [-0.25, -0.2) is 4.79 Å². The molecule has 1 aromatic carbocycles. The normalized spacial score (nSPS) is 11.7. The fraction of sp³-hybridized carbons (Fsp3) is 0.308. The van der Waals surface area contributed by atoms with E-state index in [2.05, 4.69) is 5.32 Å². The summed E-state index contributed by atoms with van der Waals surface area (Å²) >= 11 is 0. The maximum atomic E-state index is 12.0. The standard InChI is InChI=1S/C13H16N2O4/c1-7-3-4-8(2)9(5-7)12(17)15-10(13(18)19)6-11(14)16/h3-5,10H,6H2,1-2H3,(H2,14,16)(H,15,17)(H,18,19)/t10-/m0/s1. The summed E-state index contributed by atoms with van der Waals surface area (Å²) in [4.78, 5) is 33.7. The molecule has 1 aromatic rings. The Morgan fingerprint density at radius 1 is 1.32 bits per heavy atom. The molecule has 19 heavy (non-hydrogen) atoms. The van der Waals surface area contributed by atoms with Gasteiger partial charge in [-0.15, -0.1) is 0 Å². The van der Waals surface area contributed by atoms with Crippen molar-refractivity contribution >= 4 is 17.8 Å². The molecule has 0 aliphatic carbocycles. The van der Waals surface area contributed by atoms with E-state index in [9.17, 15) is 14.4 Å². The summed E-state index contributed by atoms with van der Waals surface area (Å²) < 4.78 is 0. The molecule has 0 spiro atoms. The number of aliphatic carboxylic acids is 1. The molecule has 0 aliphatic rings. The Morgan fingerprint density at radius 2 is 1.95 bits per heavy atom. The van der Waals surface area contributed by atoms with Crippen molar-refractivity contribution in [2.45, 2.75) is 26.3 Å². The first-order valence-electron chi connectivity index (χ1n) is 5.70. The minimum atomic E-state index is -1.31. The van der Waals surface area contributed by atoms with Crippen LogP contribution in [-0.4, -0.2) is 28.9 Å². The second kappa shape index (κ2) is 5.99. The van der Waals surface area contributed by atoms with Gasteiger partial charge in [-0.3, -0.25) is 9.59 Å². The van der Waals surface area contributed by atoms with Crippen molar-refractivity contribution in [3.63, 3.8) is 0 Å². The zero-order valence-electron chi connectivity index (χ0n) is 10.8. The number of aryl methyl sites for hydroxylation is 2. The maximum absolute atomic E-state index is 12.0. The van der Waals surface area contributed by atoms with Crippen LogP contribution in [0, 0.1) is 13.8 Å². The third kappa shape index (κ3) is 4.09. The molecule has 0 saturated heterocycles. The highest BCUT2D eigenvalue weighted by Gasteiger charge is 2.23. The van der Waals surface area contributed by atoms with Crippen molar-refractivity contribution in [1.82, 2.24) is 5.32 Å². The number of rotatable bonds is 5. The smallest absolute Gasteiger partial charge is 0.326 e. The number of primary amides is 1. The highest BCUT2D eigenvalue weighted by Crippen LogP contribution is 2.11. The topological polar surface area (TPSA) is 109 Å². The minimum absolute atomic E-state index is 0.385. The van der Waals surface area contributed by atoms with Gasteiger partial charge in [0.25, 0.3) is 5.91 Å².